The number of nitrogens with zero attached hydrogens (tertiary/aromatic N) is 1. The molecule has 1 heterocycles. The van der Waals surface area contributed by atoms with Crippen molar-refractivity contribution in [3.05, 3.63) is 0 Å². The van der Waals surface area contributed by atoms with Crippen LogP contribution in [-0.4, -0.2) is 36.1 Å². The van der Waals surface area contributed by atoms with Crippen molar-refractivity contribution < 1.29 is 0 Å². The van der Waals surface area contributed by atoms with Crippen molar-refractivity contribution >= 4 is 0 Å². The van der Waals surface area contributed by atoms with E-state index in [0.717, 1.165) is 6.04 Å². The smallest absolute Gasteiger partial charge is 0.0278 e. The molecule has 1 rings (SSSR count). The maximum absolute atomic E-state index is 3.77. The number of hydrogen-bond donors (Lipinski definition) is 1. The molecule has 0 aliphatic carbocycles. The Kier molecular flexibility index (Phi) is 5.67. The Hall–Kier alpha value is -0.0800. The van der Waals surface area contributed by atoms with E-state index in [9.17, 15) is 0 Å². The van der Waals surface area contributed by atoms with Gasteiger partial charge >= 0.3 is 0 Å². The van der Waals surface area contributed by atoms with Gasteiger partial charge in [0.2, 0.25) is 0 Å². The molecule has 1 N–H and O–H groups in total. The third-order valence-electron chi connectivity index (χ3n) is 4.38. The average molecular weight is 254 g/mol. The van der Waals surface area contributed by atoms with Crippen LogP contribution in [0.25, 0.3) is 0 Å². The van der Waals surface area contributed by atoms with Crippen LogP contribution in [0.2, 0.25) is 0 Å². The second-order valence-electron chi connectivity index (χ2n) is 7.52. The molecule has 0 aromatic heterocycles. The van der Waals surface area contributed by atoms with Gasteiger partial charge in [0, 0.05) is 24.7 Å². The lowest BCUT2D eigenvalue weighted by Crippen LogP contribution is -2.62. The molecule has 0 aromatic carbocycles. The lowest BCUT2D eigenvalue weighted by molar-refractivity contribution is 0.0693. The van der Waals surface area contributed by atoms with E-state index in [1.165, 1.54) is 45.3 Å². The Balaban J connectivity index is 2.60. The van der Waals surface area contributed by atoms with E-state index in [4.69, 9.17) is 0 Å². The van der Waals surface area contributed by atoms with Gasteiger partial charge in [0.05, 0.1) is 0 Å². The minimum absolute atomic E-state index is 0.322. The molecule has 2 nitrogen and oxygen atoms in total. The fraction of sp³-hybridized carbons (Fsp3) is 1.00. The highest BCUT2D eigenvalue weighted by Gasteiger charge is 2.34. The predicted octanol–water partition coefficient (Wildman–Crippen LogP) is 3.67. The Morgan fingerprint density at radius 1 is 1.28 bits per heavy atom. The fourth-order valence-corrected chi connectivity index (χ4v) is 2.72. The standard InChI is InChI=1S/C16H34N2/c1-7-9-14-12-17-16(6,8-2)13-18(14)11-10-15(3,4)5/h14,17H,7-13H2,1-6H3. The Bertz CT molecular complexity index is 244. The highest BCUT2D eigenvalue weighted by molar-refractivity contribution is 4.94. The van der Waals surface area contributed by atoms with Gasteiger partial charge in [-0.1, -0.05) is 41.0 Å². The molecule has 0 bridgehead atoms. The van der Waals surface area contributed by atoms with Gasteiger partial charge < -0.3 is 5.32 Å². The van der Waals surface area contributed by atoms with Crippen LogP contribution in [0.4, 0.5) is 0 Å². The topological polar surface area (TPSA) is 15.3 Å². The summed E-state index contributed by atoms with van der Waals surface area (Å²) in [5.74, 6) is 0. The first-order valence-electron chi connectivity index (χ1n) is 7.79. The van der Waals surface area contributed by atoms with Crippen molar-refractivity contribution in [3.63, 3.8) is 0 Å². The van der Waals surface area contributed by atoms with Crippen LogP contribution in [0.3, 0.4) is 0 Å². The van der Waals surface area contributed by atoms with Crippen LogP contribution in [0.1, 0.15) is 67.2 Å². The summed E-state index contributed by atoms with van der Waals surface area (Å²) in [7, 11) is 0. The Morgan fingerprint density at radius 3 is 2.44 bits per heavy atom. The number of piperazine rings is 1. The molecule has 1 aliphatic heterocycles. The maximum Gasteiger partial charge on any atom is 0.0278 e. The first kappa shape index (κ1) is 16.0. The van der Waals surface area contributed by atoms with Crippen LogP contribution in [-0.2, 0) is 0 Å². The molecular weight excluding hydrogens is 220 g/mol. The quantitative estimate of drug-likeness (QED) is 0.805. The Labute approximate surface area is 115 Å². The van der Waals surface area contributed by atoms with E-state index in [1.54, 1.807) is 0 Å². The zero-order valence-electron chi connectivity index (χ0n) is 13.5. The summed E-state index contributed by atoms with van der Waals surface area (Å²) in [6.07, 6.45) is 5.14. The lowest BCUT2D eigenvalue weighted by atomic mass is 9.89. The highest BCUT2D eigenvalue weighted by Crippen LogP contribution is 2.25. The van der Waals surface area contributed by atoms with Gasteiger partial charge in [-0.05, 0) is 38.1 Å². The van der Waals surface area contributed by atoms with Crippen molar-refractivity contribution in [2.45, 2.75) is 78.8 Å². The molecule has 2 heteroatoms. The SMILES string of the molecule is CCCC1CNC(C)(CC)CN1CCC(C)(C)C. The summed E-state index contributed by atoms with van der Waals surface area (Å²) in [4.78, 5) is 2.74. The fourth-order valence-electron chi connectivity index (χ4n) is 2.72. The molecule has 1 fully saturated rings. The molecule has 0 aromatic rings. The van der Waals surface area contributed by atoms with E-state index < -0.39 is 0 Å². The van der Waals surface area contributed by atoms with Gasteiger partial charge in [-0.25, -0.2) is 0 Å². The normalized spacial score (nSPS) is 30.7. The summed E-state index contributed by atoms with van der Waals surface area (Å²) >= 11 is 0. The molecule has 1 aliphatic rings. The van der Waals surface area contributed by atoms with E-state index in [-0.39, 0.29) is 0 Å². The van der Waals surface area contributed by atoms with E-state index in [0.29, 0.717) is 11.0 Å². The third kappa shape index (κ3) is 4.89. The van der Waals surface area contributed by atoms with Crippen molar-refractivity contribution in [2.24, 2.45) is 5.41 Å². The summed E-state index contributed by atoms with van der Waals surface area (Å²) in [5.41, 5.74) is 0.770. The molecule has 1 saturated heterocycles. The largest absolute Gasteiger partial charge is 0.309 e. The zero-order chi connectivity index (χ0) is 13.8. The summed E-state index contributed by atoms with van der Waals surface area (Å²) < 4.78 is 0. The molecule has 2 atom stereocenters. The monoisotopic (exact) mass is 254 g/mol. The summed E-state index contributed by atoms with van der Waals surface area (Å²) in [6.45, 7) is 17.7. The second kappa shape index (κ2) is 6.38. The summed E-state index contributed by atoms with van der Waals surface area (Å²) in [5, 5.41) is 3.77. The van der Waals surface area contributed by atoms with E-state index >= 15 is 0 Å². The molecule has 108 valence electrons. The van der Waals surface area contributed by atoms with Gasteiger partial charge in [0.15, 0.2) is 0 Å². The van der Waals surface area contributed by atoms with Crippen molar-refractivity contribution in [1.29, 1.82) is 0 Å². The molecular formula is C16H34N2. The molecule has 0 radical (unpaired) electrons. The minimum atomic E-state index is 0.322. The maximum atomic E-state index is 3.77. The van der Waals surface area contributed by atoms with Crippen LogP contribution in [0.15, 0.2) is 0 Å². The number of hydrogen-bond acceptors (Lipinski definition) is 2. The Morgan fingerprint density at radius 2 is 1.94 bits per heavy atom. The molecule has 2 unspecified atom stereocenters. The van der Waals surface area contributed by atoms with Gasteiger partial charge in [-0.3, -0.25) is 4.90 Å². The average Bonchev–Trinajstić information content (AvgIpc) is 2.29. The molecule has 0 amide bonds. The van der Waals surface area contributed by atoms with Gasteiger partial charge in [-0.15, -0.1) is 0 Å². The predicted molar refractivity (Wildman–Crippen MR) is 81.0 cm³/mol. The zero-order valence-corrected chi connectivity index (χ0v) is 13.5. The number of rotatable bonds is 5. The first-order valence-corrected chi connectivity index (χ1v) is 7.79. The van der Waals surface area contributed by atoms with Crippen molar-refractivity contribution in [3.8, 4) is 0 Å². The van der Waals surface area contributed by atoms with Crippen LogP contribution >= 0.6 is 0 Å². The first-order chi connectivity index (χ1) is 8.29. The molecule has 18 heavy (non-hydrogen) atoms. The van der Waals surface area contributed by atoms with Crippen molar-refractivity contribution in [1.82, 2.24) is 10.2 Å². The lowest BCUT2D eigenvalue weighted by Gasteiger charge is -2.46. The van der Waals surface area contributed by atoms with Crippen molar-refractivity contribution in [2.75, 3.05) is 19.6 Å². The molecule has 0 saturated carbocycles. The third-order valence-corrected chi connectivity index (χ3v) is 4.38. The highest BCUT2D eigenvalue weighted by atomic mass is 15.2. The van der Waals surface area contributed by atoms with E-state index in [1.807, 2.05) is 0 Å². The minimum Gasteiger partial charge on any atom is -0.309 e. The van der Waals surface area contributed by atoms with Crippen LogP contribution < -0.4 is 5.32 Å². The number of nitrogens with one attached hydrogen (secondary N) is 1. The van der Waals surface area contributed by atoms with Gasteiger partial charge in [0.1, 0.15) is 0 Å². The second-order valence-corrected chi connectivity index (χ2v) is 7.52. The van der Waals surface area contributed by atoms with Gasteiger partial charge in [0.25, 0.3) is 0 Å². The van der Waals surface area contributed by atoms with Gasteiger partial charge in [-0.2, -0.15) is 0 Å². The van der Waals surface area contributed by atoms with Crippen LogP contribution in [0, 0.1) is 5.41 Å². The summed E-state index contributed by atoms with van der Waals surface area (Å²) in [6, 6.07) is 0.747. The molecule has 0 spiro atoms. The van der Waals surface area contributed by atoms with E-state index in [2.05, 4.69) is 51.8 Å². The van der Waals surface area contributed by atoms with Crippen LogP contribution in [0.5, 0.6) is 0 Å².